The predicted molar refractivity (Wildman–Crippen MR) is 166 cm³/mol. The van der Waals surface area contributed by atoms with Gasteiger partial charge < -0.3 is 23.8 Å². The van der Waals surface area contributed by atoms with Crippen molar-refractivity contribution < 1.29 is 18.6 Å². The summed E-state index contributed by atoms with van der Waals surface area (Å²) in [5, 5.41) is 8.59. The minimum absolute atomic E-state index is 0.181. The molecule has 0 radical (unpaired) electrons. The standard InChI is InChI=1S/C33H31ClFN7O3/c1-19-37-32(40-39-19)27-15-26-28(16-36-27)42(17-22-10-13-43-22)30(38-26)18-41-11-8-20(9-12-41)23-4-3-5-29-31(23)45-33(2,44-29)24-7-6-21(34)14-25(24)35/h3-8,14-16,22H,9-13,17-18H2,1-2H3,(H,37,39,40)/t22-,33?/m0/s1. The number of H-pyrrole nitrogens is 1. The van der Waals surface area contributed by atoms with Gasteiger partial charge in [-0.1, -0.05) is 29.8 Å². The molecule has 2 aromatic carbocycles. The molecule has 2 atom stereocenters. The molecule has 12 heteroatoms. The first-order valence-electron chi connectivity index (χ1n) is 15.1. The van der Waals surface area contributed by atoms with Gasteiger partial charge in [-0.3, -0.25) is 9.88 Å². The number of ether oxygens (including phenoxy) is 3. The zero-order valence-corrected chi connectivity index (χ0v) is 25.6. The van der Waals surface area contributed by atoms with Crippen molar-refractivity contribution in [1.29, 1.82) is 0 Å². The number of hydrogen-bond acceptors (Lipinski definition) is 8. The first-order valence-corrected chi connectivity index (χ1v) is 15.5. The number of nitrogens with one attached hydrogen (secondary N) is 1. The van der Waals surface area contributed by atoms with Gasteiger partial charge in [0.05, 0.1) is 42.0 Å². The summed E-state index contributed by atoms with van der Waals surface area (Å²) in [7, 11) is 0. The fourth-order valence-corrected chi connectivity index (χ4v) is 6.43. The maximum absolute atomic E-state index is 14.9. The minimum Gasteiger partial charge on any atom is -0.444 e. The summed E-state index contributed by atoms with van der Waals surface area (Å²) < 4.78 is 35.4. The lowest BCUT2D eigenvalue weighted by molar-refractivity contribution is -0.0708. The van der Waals surface area contributed by atoms with Crippen LogP contribution in [0.2, 0.25) is 5.02 Å². The van der Waals surface area contributed by atoms with Gasteiger partial charge in [-0.05, 0) is 55.7 Å². The number of rotatable bonds is 7. The molecular formula is C33H31ClFN7O3. The Morgan fingerprint density at radius 2 is 2.04 bits per heavy atom. The molecule has 0 bridgehead atoms. The van der Waals surface area contributed by atoms with Crippen LogP contribution in [-0.2, 0) is 23.6 Å². The average Bonchev–Trinajstić information content (AvgIpc) is 3.69. The van der Waals surface area contributed by atoms with Crippen LogP contribution >= 0.6 is 11.6 Å². The molecule has 1 unspecified atom stereocenters. The zero-order chi connectivity index (χ0) is 30.7. The highest BCUT2D eigenvalue weighted by Crippen LogP contribution is 2.49. The SMILES string of the molecule is Cc1nnc(-c2cc3nc(CN4CC=C(c5cccc6c5OC(C)(c5ccc(Cl)cc5F)O6)CC4)n(C[C@@H]4CCO4)c3cn2)[nH]1. The molecule has 1 saturated heterocycles. The number of benzene rings is 2. The van der Waals surface area contributed by atoms with Crippen molar-refractivity contribution in [2.45, 2.75) is 51.7 Å². The van der Waals surface area contributed by atoms with E-state index >= 15 is 0 Å². The van der Waals surface area contributed by atoms with E-state index in [4.69, 9.17) is 30.8 Å². The number of aromatic amines is 1. The highest BCUT2D eigenvalue weighted by atomic mass is 35.5. The van der Waals surface area contributed by atoms with Crippen LogP contribution in [0.3, 0.4) is 0 Å². The van der Waals surface area contributed by atoms with E-state index in [1.807, 2.05) is 37.4 Å². The second-order valence-corrected chi connectivity index (χ2v) is 12.3. The summed E-state index contributed by atoms with van der Waals surface area (Å²) in [4.78, 5) is 15.3. The van der Waals surface area contributed by atoms with Gasteiger partial charge in [-0.2, -0.15) is 0 Å². The van der Waals surface area contributed by atoms with Crippen LogP contribution < -0.4 is 9.47 Å². The lowest BCUT2D eigenvalue weighted by atomic mass is 9.98. The third-order valence-corrected chi connectivity index (χ3v) is 8.98. The second kappa shape index (κ2) is 10.9. The fraction of sp³-hybridized carbons (Fsp3) is 0.333. The number of fused-ring (bicyclic) bond motifs is 2. The van der Waals surface area contributed by atoms with Crippen LogP contribution in [0.1, 0.15) is 42.5 Å². The number of para-hydroxylation sites is 1. The third kappa shape index (κ3) is 5.14. The number of pyridine rings is 1. The molecule has 0 spiro atoms. The maximum atomic E-state index is 14.9. The minimum atomic E-state index is -1.29. The first kappa shape index (κ1) is 28.2. The third-order valence-electron chi connectivity index (χ3n) is 8.74. The topological polar surface area (TPSA) is 103 Å². The summed E-state index contributed by atoms with van der Waals surface area (Å²) >= 11 is 5.99. The molecule has 45 heavy (non-hydrogen) atoms. The van der Waals surface area contributed by atoms with E-state index in [1.165, 1.54) is 11.6 Å². The molecule has 3 aliphatic heterocycles. The molecule has 5 aromatic rings. The number of nitrogens with zero attached hydrogens (tertiary/aromatic N) is 6. The smallest absolute Gasteiger partial charge is 0.278 e. The Morgan fingerprint density at radius 3 is 2.78 bits per heavy atom. The fourth-order valence-electron chi connectivity index (χ4n) is 6.27. The highest BCUT2D eigenvalue weighted by Gasteiger charge is 2.42. The number of imidazole rings is 1. The molecule has 3 aliphatic rings. The van der Waals surface area contributed by atoms with E-state index in [0.29, 0.717) is 40.1 Å². The van der Waals surface area contributed by atoms with Gasteiger partial charge in [0.15, 0.2) is 17.3 Å². The van der Waals surface area contributed by atoms with Crippen molar-refractivity contribution in [2.75, 3.05) is 19.7 Å². The summed E-state index contributed by atoms with van der Waals surface area (Å²) in [5.74, 6) is 1.79. The van der Waals surface area contributed by atoms with Gasteiger partial charge in [0.1, 0.15) is 23.2 Å². The van der Waals surface area contributed by atoms with Crippen molar-refractivity contribution in [3.8, 4) is 23.0 Å². The predicted octanol–water partition coefficient (Wildman–Crippen LogP) is 6.04. The lowest BCUT2D eigenvalue weighted by Gasteiger charge is -2.29. The van der Waals surface area contributed by atoms with Crippen molar-refractivity contribution in [1.82, 2.24) is 34.6 Å². The molecule has 230 valence electrons. The molecule has 10 nitrogen and oxygen atoms in total. The maximum Gasteiger partial charge on any atom is 0.278 e. The van der Waals surface area contributed by atoms with Crippen LogP contribution in [0.4, 0.5) is 4.39 Å². The van der Waals surface area contributed by atoms with Gasteiger partial charge in [0.25, 0.3) is 5.79 Å². The number of hydrogen-bond donors (Lipinski definition) is 1. The van der Waals surface area contributed by atoms with Gasteiger partial charge in [0, 0.05) is 37.2 Å². The Hall–Kier alpha value is -4.32. The first-order chi connectivity index (χ1) is 21.8. The molecule has 8 rings (SSSR count). The zero-order valence-electron chi connectivity index (χ0n) is 24.9. The second-order valence-electron chi connectivity index (χ2n) is 11.9. The molecule has 3 aromatic heterocycles. The number of aryl methyl sites for hydroxylation is 1. The lowest BCUT2D eigenvalue weighted by Crippen LogP contribution is -2.33. The van der Waals surface area contributed by atoms with E-state index in [2.05, 4.69) is 35.7 Å². The Bertz CT molecular complexity index is 1970. The van der Waals surface area contributed by atoms with Crippen LogP contribution in [-0.4, -0.2) is 60.4 Å². The largest absolute Gasteiger partial charge is 0.444 e. The summed E-state index contributed by atoms with van der Waals surface area (Å²) in [6.45, 7) is 7.39. The number of halogens is 2. The van der Waals surface area contributed by atoms with Crippen molar-refractivity contribution >= 4 is 28.2 Å². The van der Waals surface area contributed by atoms with E-state index in [-0.39, 0.29) is 6.10 Å². The van der Waals surface area contributed by atoms with Crippen LogP contribution in [0.15, 0.2) is 54.7 Å². The summed E-state index contributed by atoms with van der Waals surface area (Å²) in [5.41, 5.74) is 4.98. The van der Waals surface area contributed by atoms with Crippen LogP contribution in [0, 0.1) is 12.7 Å². The van der Waals surface area contributed by atoms with Crippen LogP contribution in [0.5, 0.6) is 11.5 Å². The summed E-state index contributed by atoms with van der Waals surface area (Å²) in [6.07, 6.45) is 6.13. The molecule has 0 aliphatic carbocycles. The Kier molecular flexibility index (Phi) is 6.85. The van der Waals surface area contributed by atoms with Crippen molar-refractivity contribution in [3.05, 3.63) is 88.4 Å². The molecule has 0 amide bonds. The number of aromatic nitrogens is 6. The molecule has 1 fully saturated rings. The van der Waals surface area contributed by atoms with E-state index in [9.17, 15) is 4.39 Å². The Balaban J connectivity index is 1.04. The molecule has 1 N–H and O–H groups in total. The van der Waals surface area contributed by atoms with Gasteiger partial charge >= 0.3 is 0 Å². The highest BCUT2D eigenvalue weighted by molar-refractivity contribution is 6.30. The average molecular weight is 628 g/mol. The molecule has 0 saturated carbocycles. The van der Waals surface area contributed by atoms with E-state index < -0.39 is 11.6 Å². The normalized spacial score (nSPS) is 21.2. The van der Waals surface area contributed by atoms with Gasteiger partial charge in [-0.15, -0.1) is 10.2 Å². The molecule has 6 heterocycles. The monoisotopic (exact) mass is 627 g/mol. The van der Waals surface area contributed by atoms with Gasteiger partial charge in [0.2, 0.25) is 0 Å². The van der Waals surface area contributed by atoms with Crippen molar-refractivity contribution in [3.63, 3.8) is 0 Å². The van der Waals surface area contributed by atoms with Crippen LogP contribution in [0.25, 0.3) is 28.1 Å². The summed E-state index contributed by atoms with van der Waals surface area (Å²) in [6, 6.07) is 12.3. The molecular weight excluding hydrogens is 597 g/mol. The van der Waals surface area contributed by atoms with E-state index in [1.54, 1.807) is 19.1 Å². The quantitative estimate of drug-likeness (QED) is 0.233. The van der Waals surface area contributed by atoms with E-state index in [0.717, 1.165) is 67.3 Å². The Labute approximate surface area is 263 Å². The van der Waals surface area contributed by atoms with Gasteiger partial charge in [-0.25, -0.2) is 9.37 Å². The van der Waals surface area contributed by atoms with Crippen molar-refractivity contribution in [2.24, 2.45) is 0 Å². The Morgan fingerprint density at radius 1 is 1.16 bits per heavy atom.